The Hall–Kier alpha value is -1.55. The molecule has 1 aliphatic heterocycles. The molecule has 1 heterocycles. The number of epoxide rings is 1. The predicted molar refractivity (Wildman–Crippen MR) is 66.1 cm³/mol. The van der Waals surface area contributed by atoms with Gasteiger partial charge < -0.3 is 14.8 Å². The monoisotopic (exact) mass is 247 g/mol. The van der Waals surface area contributed by atoms with Crippen molar-refractivity contribution in [3.8, 4) is 0 Å². The van der Waals surface area contributed by atoms with Gasteiger partial charge >= 0.3 is 6.09 Å². The number of ether oxygens (including phenoxy) is 2. The number of amides is 1. The van der Waals surface area contributed by atoms with Gasteiger partial charge in [-0.25, -0.2) is 4.79 Å². The molecular weight excluding hydrogens is 230 g/mol. The van der Waals surface area contributed by atoms with Crippen LogP contribution in [0.15, 0.2) is 30.3 Å². The Morgan fingerprint density at radius 3 is 2.89 bits per heavy atom. The van der Waals surface area contributed by atoms with E-state index in [-0.39, 0.29) is 12.1 Å². The zero-order valence-corrected chi connectivity index (χ0v) is 10.2. The second-order valence-electron chi connectivity index (χ2n) is 4.93. The SMILES string of the molecule is O=C(N[C@H]1CC[C@@H]2O[C@H]2C1)OCc1ccccc1. The van der Waals surface area contributed by atoms with Gasteiger partial charge in [0.2, 0.25) is 0 Å². The van der Waals surface area contributed by atoms with E-state index < -0.39 is 0 Å². The maximum atomic E-state index is 11.6. The van der Waals surface area contributed by atoms with Gasteiger partial charge in [0, 0.05) is 6.04 Å². The minimum atomic E-state index is -0.331. The lowest BCUT2D eigenvalue weighted by Crippen LogP contribution is -2.38. The van der Waals surface area contributed by atoms with Crippen LogP contribution in [0.2, 0.25) is 0 Å². The molecule has 0 radical (unpaired) electrons. The molecule has 0 unspecified atom stereocenters. The number of hydrogen-bond acceptors (Lipinski definition) is 3. The van der Waals surface area contributed by atoms with Crippen LogP contribution in [-0.2, 0) is 16.1 Å². The number of alkyl carbamates (subject to hydrolysis) is 1. The van der Waals surface area contributed by atoms with Crippen LogP contribution in [0.25, 0.3) is 0 Å². The maximum absolute atomic E-state index is 11.6. The smallest absolute Gasteiger partial charge is 0.407 e. The summed E-state index contributed by atoms with van der Waals surface area (Å²) in [7, 11) is 0. The van der Waals surface area contributed by atoms with Gasteiger partial charge in [-0.2, -0.15) is 0 Å². The standard InChI is InChI=1S/C14H17NO3/c16-14(17-9-10-4-2-1-3-5-10)15-11-6-7-12-13(8-11)18-12/h1-5,11-13H,6-9H2,(H,15,16)/t11-,12-,13-/m0/s1. The van der Waals surface area contributed by atoms with E-state index in [9.17, 15) is 4.79 Å². The van der Waals surface area contributed by atoms with Crippen molar-refractivity contribution in [1.29, 1.82) is 0 Å². The van der Waals surface area contributed by atoms with E-state index in [0.29, 0.717) is 18.8 Å². The zero-order valence-electron chi connectivity index (χ0n) is 10.2. The van der Waals surface area contributed by atoms with Crippen LogP contribution in [0.3, 0.4) is 0 Å². The van der Waals surface area contributed by atoms with Crippen LogP contribution in [0.1, 0.15) is 24.8 Å². The van der Waals surface area contributed by atoms with Gasteiger partial charge in [-0.15, -0.1) is 0 Å². The summed E-state index contributed by atoms with van der Waals surface area (Å²) in [4.78, 5) is 11.6. The normalized spacial score (nSPS) is 29.2. The number of hydrogen-bond donors (Lipinski definition) is 1. The van der Waals surface area contributed by atoms with Crippen molar-refractivity contribution in [2.24, 2.45) is 0 Å². The lowest BCUT2D eigenvalue weighted by atomic mass is 9.96. The molecule has 1 saturated carbocycles. The lowest BCUT2D eigenvalue weighted by Gasteiger charge is -2.19. The molecule has 0 spiro atoms. The highest BCUT2D eigenvalue weighted by Crippen LogP contribution is 2.36. The number of carbonyl (C=O) groups excluding carboxylic acids is 1. The average molecular weight is 247 g/mol. The lowest BCUT2D eigenvalue weighted by molar-refractivity contribution is 0.133. The van der Waals surface area contributed by atoms with Crippen LogP contribution in [0.4, 0.5) is 4.79 Å². The quantitative estimate of drug-likeness (QED) is 0.833. The fourth-order valence-corrected chi connectivity index (χ4v) is 2.47. The molecule has 1 aromatic carbocycles. The molecule has 0 bridgehead atoms. The minimum absolute atomic E-state index is 0.206. The fraction of sp³-hybridized carbons (Fsp3) is 0.500. The highest BCUT2D eigenvalue weighted by molar-refractivity contribution is 5.67. The Morgan fingerprint density at radius 2 is 2.11 bits per heavy atom. The van der Waals surface area contributed by atoms with Crippen LogP contribution < -0.4 is 5.32 Å². The summed E-state index contributed by atoms with van der Waals surface area (Å²) in [6.07, 6.45) is 3.46. The van der Waals surface area contributed by atoms with Gasteiger partial charge in [0.05, 0.1) is 12.2 Å². The first-order valence-corrected chi connectivity index (χ1v) is 6.44. The first kappa shape index (κ1) is 11.5. The van der Waals surface area contributed by atoms with Crippen molar-refractivity contribution < 1.29 is 14.3 Å². The largest absolute Gasteiger partial charge is 0.445 e. The van der Waals surface area contributed by atoms with E-state index in [1.807, 2.05) is 30.3 Å². The zero-order chi connectivity index (χ0) is 12.4. The Labute approximate surface area is 106 Å². The molecular formula is C14H17NO3. The molecule has 4 nitrogen and oxygen atoms in total. The highest BCUT2D eigenvalue weighted by Gasteiger charge is 2.44. The van der Waals surface area contributed by atoms with E-state index >= 15 is 0 Å². The van der Waals surface area contributed by atoms with Crippen LogP contribution in [0.5, 0.6) is 0 Å². The van der Waals surface area contributed by atoms with Crippen molar-refractivity contribution in [1.82, 2.24) is 5.32 Å². The van der Waals surface area contributed by atoms with Crippen molar-refractivity contribution >= 4 is 6.09 Å². The van der Waals surface area contributed by atoms with Crippen LogP contribution >= 0.6 is 0 Å². The first-order valence-electron chi connectivity index (χ1n) is 6.44. The third-order valence-electron chi connectivity index (χ3n) is 3.54. The van der Waals surface area contributed by atoms with Gasteiger partial charge in [-0.3, -0.25) is 0 Å². The second kappa shape index (κ2) is 4.98. The molecule has 4 heteroatoms. The molecule has 1 saturated heterocycles. The Balaban J connectivity index is 1.41. The van der Waals surface area contributed by atoms with Crippen molar-refractivity contribution in [3.05, 3.63) is 35.9 Å². The molecule has 2 aliphatic rings. The number of fused-ring (bicyclic) bond motifs is 1. The van der Waals surface area contributed by atoms with Gasteiger partial charge in [-0.1, -0.05) is 30.3 Å². The van der Waals surface area contributed by atoms with E-state index in [0.717, 1.165) is 24.8 Å². The molecule has 1 aromatic rings. The van der Waals surface area contributed by atoms with E-state index in [1.165, 1.54) is 0 Å². The van der Waals surface area contributed by atoms with Gasteiger partial charge in [0.15, 0.2) is 0 Å². The molecule has 3 atom stereocenters. The predicted octanol–water partition coefficient (Wildman–Crippen LogP) is 2.23. The second-order valence-corrected chi connectivity index (χ2v) is 4.93. The molecule has 2 fully saturated rings. The number of carbonyl (C=O) groups is 1. The summed E-state index contributed by atoms with van der Waals surface area (Å²) in [6.45, 7) is 0.321. The third-order valence-corrected chi connectivity index (χ3v) is 3.54. The Kier molecular flexibility index (Phi) is 3.19. The third kappa shape index (κ3) is 2.82. The molecule has 18 heavy (non-hydrogen) atoms. The fourth-order valence-electron chi connectivity index (χ4n) is 2.47. The average Bonchev–Trinajstić information content (AvgIpc) is 3.16. The molecule has 96 valence electrons. The number of nitrogens with one attached hydrogen (secondary N) is 1. The summed E-state index contributed by atoms with van der Waals surface area (Å²) in [5.41, 5.74) is 1.00. The highest BCUT2D eigenvalue weighted by atomic mass is 16.6. The summed E-state index contributed by atoms with van der Waals surface area (Å²) < 4.78 is 10.6. The molecule has 3 rings (SSSR count). The minimum Gasteiger partial charge on any atom is -0.445 e. The summed E-state index contributed by atoms with van der Waals surface area (Å²) in [5, 5.41) is 2.91. The summed E-state index contributed by atoms with van der Waals surface area (Å²) >= 11 is 0. The van der Waals surface area contributed by atoms with Crippen molar-refractivity contribution in [3.63, 3.8) is 0 Å². The van der Waals surface area contributed by atoms with Gasteiger partial charge in [0.25, 0.3) is 0 Å². The number of rotatable bonds is 3. The first-order chi connectivity index (χ1) is 8.81. The van der Waals surface area contributed by atoms with Gasteiger partial charge in [0.1, 0.15) is 6.61 Å². The topological polar surface area (TPSA) is 50.9 Å². The Bertz CT molecular complexity index is 420. The molecule has 1 amide bonds. The Morgan fingerprint density at radius 1 is 1.28 bits per heavy atom. The van der Waals surface area contributed by atoms with E-state index in [1.54, 1.807) is 0 Å². The van der Waals surface area contributed by atoms with E-state index in [2.05, 4.69) is 5.32 Å². The van der Waals surface area contributed by atoms with Crippen LogP contribution in [-0.4, -0.2) is 24.3 Å². The van der Waals surface area contributed by atoms with Crippen molar-refractivity contribution in [2.45, 2.75) is 44.1 Å². The van der Waals surface area contributed by atoms with E-state index in [4.69, 9.17) is 9.47 Å². The summed E-state index contributed by atoms with van der Waals surface area (Å²) in [6, 6.07) is 9.90. The molecule has 1 aliphatic carbocycles. The van der Waals surface area contributed by atoms with Crippen LogP contribution in [0, 0.1) is 0 Å². The maximum Gasteiger partial charge on any atom is 0.407 e. The molecule has 0 aromatic heterocycles. The summed E-state index contributed by atoms with van der Waals surface area (Å²) in [5.74, 6) is 0. The van der Waals surface area contributed by atoms with Gasteiger partial charge in [-0.05, 0) is 24.8 Å². The number of benzene rings is 1. The molecule has 1 N–H and O–H groups in total. The van der Waals surface area contributed by atoms with Crippen molar-refractivity contribution in [2.75, 3.05) is 0 Å².